The van der Waals surface area contributed by atoms with E-state index in [1.807, 2.05) is 78.3 Å². The topological polar surface area (TPSA) is 12.0 Å². The summed E-state index contributed by atoms with van der Waals surface area (Å²) in [7, 11) is 3.75. The first-order valence-electron chi connectivity index (χ1n) is 23.8. The van der Waals surface area contributed by atoms with Gasteiger partial charge in [-0.3, -0.25) is 0 Å². The Kier molecular flexibility index (Phi) is 17.9. The largest absolute Gasteiger partial charge is 0.323 e. The number of allylic oxidation sites excluding steroid dienone is 4. The summed E-state index contributed by atoms with van der Waals surface area (Å²) in [6, 6.07) is 10.1. The fourth-order valence-electron chi connectivity index (χ4n) is 8.94. The SMILES string of the molecule is CC.CC.CC.CCC1=CC2C(S1)c1c(c3c4sccc4c4cc(C)sc4c3c3c4sc(C(C)C)cc4c4cc(C(C)C)sc4c13)C1SC(C(C)(C)C)=CC12.CCCC.CNC. The van der Waals surface area contributed by atoms with E-state index in [2.05, 4.69) is 169 Å². The predicted molar refractivity (Wildman–Crippen MR) is 299 cm³/mol. The molecule has 0 amide bonds. The minimum atomic E-state index is 0.146. The molecule has 3 aliphatic rings. The molecule has 0 spiro atoms. The van der Waals surface area contributed by atoms with Gasteiger partial charge in [0.25, 0.3) is 0 Å². The van der Waals surface area contributed by atoms with Crippen LogP contribution in [0.25, 0.3) is 61.9 Å². The maximum atomic E-state index is 2.75. The van der Waals surface area contributed by atoms with Gasteiger partial charge < -0.3 is 5.32 Å². The summed E-state index contributed by atoms with van der Waals surface area (Å²) in [4.78, 5) is 7.62. The lowest BCUT2D eigenvalue weighted by atomic mass is 9.71. The highest BCUT2D eigenvalue weighted by atomic mass is 32.2. The number of rotatable bonds is 4. The van der Waals surface area contributed by atoms with Crippen molar-refractivity contribution in [1.29, 1.82) is 0 Å². The zero-order valence-electron chi connectivity index (χ0n) is 41.6. The Labute approximate surface area is 401 Å². The number of benzene rings is 3. The highest BCUT2D eigenvalue weighted by Gasteiger charge is 2.50. The Morgan fingerprint density at radius 1 is 0.597 bits per heavy atom. The van der Waals surface area contributed by atoms with Crippen LogP contribution < -0.4 is 5.32 Å². The van der Waals surface area contributed by atoms with Gasteiger partial charge in [0, 0.05) is 98.9 Å². The van der Waals surface area contributed by atoms with Gasteiger partial charge in [-0.1, -0.05) is 136 Å². The number of hydrogen-bond acceptors (Lipinski definition) is 7. The van der Waals surface area contributed by atoms with Crippen molar-refractivity contribution in [3.8, 4) is 0 Å². The van der Waals surface area contributed by atoms with Gasteiger partial charge >= 0.3 is 0 Å². The van der Waals surface area contributed by atoms with Crippen LogP contribution >= 0.6 is 68.9 Å². The summed E-state index contributed by atoms with van der Waals surface area (Å²) < 4.78 is 6.08. The number of nitrogens with one attached hydrogen (secondary N) is 1. The zero-order chi connectivity index (χ0) is 46.0. The van der Waals surface area contributed by atoms with E-state index in [0.29, 0.717) is 34.2 Å². The van der Waals surface area contributed by atoms with Gasteiger partial charge in [0.2, 0.25) is 0 Å². The summed E-state index contributed by atoms with van der Waals surface area (Å²) in [6.07, 6.45) is 9.21. The molecule has 4 atom stereocenters. The molecule has 1 N–H and O–H groups in total. The Bertz CT molecular complexity index is 2680. The molecule has 1 aliphatic carbocycles. The molecule has 62 heavy (non-hydrogen) atoms. The quantitative estimate of drug-likeness (QED) is 0.177. The standard InChI is InChI=1S/C43H42S6.C4H10.C2H7N.3C2H6/c1-10-21-14-24-27-17-30(43(7,8)9)49-42(27)33-31-32(38-23(13-20(6)45-38)22-11-12-44-37(22)31)35-36(34(33)39(24)46-21)41-26(16-29(48-41)19(4)5)25-15-28(18(2)3)47-40(25)35;1-3-4-2;1-3-2;3*1-2/h11-19,24,27,39,42H,10H2,1-9H3;3-4H2,1-2H3;3H,1-2H3;3*1-2H3. The van der Waals surface area contributed by atoms with Crippen LogP contribution in [0, 0.1) is 24.2 Å². The lowest BCUT2D eigenvalue weighted by molar-refractivity contribution is 0.437. The number of aryl methyl sites for hydroxylation is 1. The van der Waals surface area contributed by atoms with Gasteiger partial charge in [0.05, 0.1) is 0 Å². The molecule has 7 heteroatoms. The number of fused-ring (bicyclic) bond motifs is 21. The van der Waals surface area contributed by atoms with E-state index in [0.717, 1.165) is 6.42 Å². The molecule has 4 unspecified atom stereocenters. The maximum absolute atomic E-state index is 2.75. The lowest BCUT2D eigenvalue weighted by Crippen LogP contribution is -2.25. The number of thiophene rings is 4. The minimum absolute atomic E-state index is 0.146. The third-order valence-electron chi connectivity index (χ3n) is 11.8. The van der Waals surface area contributed by atoms with Crippen LogP contribution in [0.2, 0.25) is 0 Å². The Morgan fingerprint density at radius 3 is 1.53 bits per heavy atom. The Balaban J connectivity index is 0.000000506. The molecular formula is C55H77NS6. The van der Waals surface area contributed by atoms with Crippen molar-refractivity contribution in [2.75, 3.05) is 14.1 Å². The monoisotopic (exact) mass is 943 g/mol. The van der Waals surface area contributed by atoms with Gasteiger partial charge in [-0.05, 0) is 95.3 Å². The first kappa shape index (κ1) is 51.1. The summed E-state index contributed by atoms with van der Waals surface area (Å²) in [5.74, 6) is 2.07. The molecule has 6 heterocycles. The van der Waals surface area contributed by atoms with E-state index in [9.17, 15) is 0 Å². The normalized spacial score (nSPS) is 18.9. The fourth-order valence-corrected chi connectivity index (χ4v) is 16.6. The van der Waals surface area contributed by atoms with Crippen molar-refractivity contribution >= 4 is 131 Å². The van der Waals surface area contributed by atoms with Gasteiger partial charge in [0.15, 0.2) is 0 Å². The summed E-state index contributed by atoms with van der Waals surface area (Å²) >= 11 is 12.6. The van der Waals surface area contributed by atoms with Crippen LogP contribution in [0.15, 0.2) is 51.6 Å². The second-order valence-electron chi connectivity index (χ2n) is 17.7. The predicted octanol–water partition coefficient (Wildman–Crippen LogP) is 21.2. The van der Waals surface area contributed by atoms with Crippen molar-refractivity contribution < 1.29 is 0 Å². The van der Waals surface area contributed by atoms with Crippen molar-refractivity contribution in [1.82, 2.24) is 5.32 Å². The second kappa shape index (κ2) is 21.6. The molecule has 3 aromatic carbocycles. The first-order chi connectivity index (χ1) is 29.8. The van der Waals surface area contributed by atoms with Crippen LogP contribution in [0.4, 0.5) is 0 Å². The molecule has 10 rings (SSSR count). The summed E-state index contributed by atoms with van der Waals surface area (Å²) in [5.41, 5.74) is 3.50. The smallest absolute Gasteiger partial charge is 0.0438 e. The molecule has 0 radical (unpaired) electrons. The Hall–Kier alpha value is -1.84. The summed E-state index contributed by atoms with van der Waals surface area (Å²) in [5, 5.41) is 18.2. The molecule has 2 aliphatic heterocycles. The van der Waals surface area contributed by atoms with Gasteiger partial charge in [0.1, 0.15) is 0 Å². The van der Waals surface area contributed by atoms with E-state index in [1.54, 1.807) is 47.2 Å². The molecule has 338 valence electrons. The van der Waals surface area contributed by atoms with Gasteiger partial charge in [-0.25, -0.2) is 0 Å². The number of thioether (sulfide) groups is 2. The average molecular weight is 945 g/mol. The van der Waals surface area contributed by atoms with Crippen LogP contribution in [0.5, 0.6) is 0 Å². The van der Waals surface area contributed by atoms with Crippen LogP contribution in [-0.2, 0) is 0 Å². The average Bonchev–Trinajstić information content (AvgIpc) is 4.12. The number of hydrogen-bond donors (Lipinski definition) is 1. The van der Waals surface area contributed by atoms with E-state index >= 15 is 0 Å². The zero-order valence-corrected chi connectivity index (χ0v) is 46.5. The van der Waals surface area contributed by atoms with E-state index in [-0.39, 0.29) is 5.41 Å². The number of unbranched alkanes of at least 4 members (excludes halogenated alkanes) is 1. The van der Waals surface area contributed by atoms with Crippen molar-refractivity contribution in [2.24, 2.45) is 17.3 Å². The van der Waals surface area contributed by atoms with Crippen LogP contribution in [0.1, 0.15) is 178 Å². The van der Waals surface area contributed by atoms with Crippen LogP contribution in [0.3, 0.4) is 0 Å². The second-order valence-corrected chi connectivity index (χ2v) is 24.5. The highest BCUT2D eigenvalue weighted by molar-refractivity contribution is 8.04. The summed E-state index contributed by atoms with van der Waals surface area (Å²) in [6.45, 7) is 37.8. The van der Waals surface area contributed by atoms with Crippen molar-refractivity contribution in [2.45, 2.75) is 159 Å². The van der Waals surface area contributed by atoms with E-state index in [1.165, 1.54) is 63.1 Å². The molecule has 0 bridgehead atoms. The molecular weight excluding hydrogens is 867 g/mol. The third kappa shape index (κ3) is 9.02. The highest BCUT2D eigenvalue weighted by Crippen LogP contribution is 2.70. The maximum Gasteiger partial charge on any atom is 0.0438 e. The molecule has 0 saturated heterocycles. The van der Waals surface area contributed by atoms with Crippen molar-refractivity contribution in [3.63, 3.8) is 0 Å². The van der Waals surface area contributed by atoms with Crippen molar-refractivity contribution in [3.05, 3.63) is 77.4 Å². The Morgan fingerprint density at radius 2 is 1.05 bits per heavy atom. The lowest BCUT2D eigenvalue weighted by Gasteiger charge is -2.39. The third-order valence-corrected chi connectivity index (χ3v) is 20.0. The molecule has 0 saturated carbocycles. The van der Waals surface area contributed by atoms with Crippen LogP contribution in [-0.4, -0.2) is 14.1 Å². The minimum Gasteiger partial charge on any atom is -0.323 e. The molecule has 0 fully saturated rings. The first-order valence-corrected chi connectivity index (χ1v) is 28.9. The van der Waals surface area contributed by atoms with E-state index < -0.39 is 0 Å². The molecule has 4 aromatic heterocycles. The fraction of sp³-hybridized carbons (Fsp3) is 0.527. The molecule has 7 aromatic rings. The van der Waals surface area contributed by atoms with Gasteiger partial charge in [-0.15, -0.1) is 68.9 Å². The van der Waals surface area contributed by atoms with Gasteiger partial charge in [-0.2, -0.15) is 0 Å². The molecule has 1 nitrogen and oxygen atoms in total. The van der Waals surface area contributed by atoms with E-state index in [4.69, 9.17) is 0 Å².